The zero-order valence-electron chi connectivity index (χ0n) is 13.4. The van der Waals surface area contributed by atoms with E-state index in [1.807, 2.05) is 19.9 Å². The van der Waals surface area contributed by atoms with Gasteiger partial charge in [-0.1, -0.05) is 46.1 Å². The molecule has 0 aromatic heterocycles. The minimum atomic E-state index is -4.18. The molecule has 0 heterocycles. The Bertz CT molecular complexity index is 624. The predicted molar refractivity (Wildman–Crippen MR) is 85.5 cm³/mol. The number of aryl methyl sites for hydroxylation is 1. The summed E-state index contributed by atoms with van der Waals surface area (Å²) in [6.45, 7) is 8.17. The Morgan fingerprint density at radius 1 is 1.14 bits per heavy atom. The van der Waals surface area contributed by atoms with Crippen molar-refractivity contribution >= 4 is 10.1 Å². The summed E-state index contributed by atoms with van der Waals surface area (Å²) in [7, 11) is -4.18. The molecule has 0 unspecified atom stereocenters. The molecule has 0 bridgehead atoms. The molecule has 0 atom stereocenters. The summed E-state index contributed by atoms with van der Waals surface area (Å²) in [4.78, 5) is 0.0879. The van der Waals surface area contributed by atoms with Gasteiger partial charge in [0.25, 0.3) is 10.1 Å². The summed E-state index contributed by atoms with van der Waals surface area (Å²) in [5.41, 5.74) is 2.95. The van der Waals surface area contributed by atoms with E-state index >= 15 is 0 Å². The number of hydrogen-bond donors (Lipinski definition) is 1. The maximum Gasteiger partial charge on any atom is 0.294 e. The summed E-state index contributed by atoms with van der Waals surface area (Å²) >= 11 is 0. The fraction of sp³-hybridized carbons (Fsp3) is 0.647. The molecule has 0 saturated heterocycles. The van der Waals surface area contributed by atoms with Crippen LogP contribution in [0.1, 0.15) is 75.5 Å². The van der Waals surface area contributed by atoms with Crippen LogP contribution >= 0.6 is 0 Å². The Balaban J connectivity index is 2.63. The van der Waals surface area contributed by atoms with E-state index in [0.717, 1.165) is 24.0 Å². The SMILES string of the molecule is Cc1cc(C(C)C)c(S(=O)(=O)O)cc1C1(C)CCCCC1. The van der Waals surface area contributed by atoms with E-state index in [4.69, 9.17) is 0 Å². The van der Waals surface area contributed by atoms with Crippen molar-refractivity contribution in [2.45, 2.75) is 76.0 Å². The Labute approximate surface area is 128 Å². The quantitative estimate of drug-likeness (QED) is 0.831. The molecule has 1 N–H and O–H groups in total. The minimum absolute atomic E-state index is 0.0251. The largest absolute Gasteiger partial charge is 0.294 e. The lowest BCUT2D eigenvalue weighted by atomic mass is 9.69. The molecule has 1 aromatic carbocycles. The molecule has 0 spiro atoms. The Hall–Kier alpha value is -0.870. The maximum atomic E-state index is 11.8. The molecule has 1 aliphatic carbocycles. The average Bonchev–Trinajstić information content (AvgIpc) is 2.37. The summed E-state index contributed by atoms with van der Waals surface area (Å²) in [5, 5.41) is 0. The van der Waals surface area contributed by atoms with Gasteiger partial charge in [0.1, 0.15) is 0 Å². The predicted octanol–water partition coefficient (Wildman–Crippen LogP) is 4.59. The van der Waals surface area contributed by atoms with Crippen LogP contribution in [0.5, 0.6) is 0 Å². The van der Waals surface area contributed by atoms with Crippen LogP contribution in [-0.2, 0) is 15.5 Å². The fourth-order valence-electron chi connectivity index (χ4n) is 3.64. The standard InChI is InChI=1S/C17H26O3S/c1-12(2)14-10-13(3)15(11-16(14)21(18,19)20)17(4)8-6-5-7-9-17/h10-12H,5-9H2,1-4H3,(H,18,19,20). The molecule has 21 heavy (non-hydrogen) atoms. The molecular formula is C17H26O3S. The van der Waals surface area contributed by atoms with Crippen LogP contribution in [0, 0.1) is 6.92 Å². The van der Waals surface area contributed by atoms with Gasteiger partial charge in [-0.25, -0.2) is 0 Å². The van der Waals surface area contributed by atoms with E-state index in [2.05, 4.69) is 13.8 Å². The molecule has 4 heteroatoms. The van der Waals surface area contributed by atoms with E-state index in [0.29, 0.717) is 5.56 Å². The van der Waals surface area contributed by atoms with Gasteiger partial charge in [0.15, 0.2) is 0 Å². The summed E-state index contributed by atoms with van der Waals surface area (Å²) in [6.07, 6.45) is 5.79. The van der Waals surface area contributed by atoms with Gasteiger partial charge in [0.05, 0.1) is 4.90 Å². The van der Waals surface area contributed by atoms with E-state index in [1.165, 1.54) is 19.3 Å². The number of rotatable bonds is 3. The first-order valence-corrected chi connectivity index (χ1v) is 9.22. The molecule has 0 aliphatic heterocycles. The molecule has 0 amide bonds. The molecule has 118 valence electrons. The molecule has 1 saturated carbocycles. The highest BCUT2D eigenvalue weighted by Crippen LogP contribution is 2.42. The molecule has 2 rings (SSSR count). The van der Waals surface area contributed by atoms with Crippen LogP contribution in [0.4, 0.5) is 0 Å². The normalized spacial score (nSPS) is 19.0. The monoisotopic (exact) mass is 310 g/mol. The van der Waals surface area contributed by atoms with Crippen molar-refractivity contribution in [2.75, 3.05) is 0 Å². The Morgan fingerprint density at radius 2 is 1.71 bits per heavy atom. The average molecular weight is 310 g/mol. The van der Waals surface area contributed by atoms with Crippen LogP contribution in [0.15, 0.2) is 17.0 Å². The maximum absolute atomic E-state index is 11.8. The summed E-state index contributed by atoms with van der Waals surface area (Å²) in [5.74, 6) is 0.0637. The van der Waals surface area contributed by atoms with E-state index < -0.39 is 10.1 Å². The fourth-order valence-corrected chi connectivity index (χ4v) is 4.50. The van der Waals surface area contributed by atoms with Crippen LogP contribution in [0.25, 0.3) is 0 Å². The minimum Gasteiger partial charge on any atom is -0.282 e. The second-order valence-electron chi connectivity index (χ2n) is 6.96. The van der Waals surface area contributed by atoms with Crippen molar-refractivity contribution in [1.29, 1.82) is 0 Å². The Kier molecular flexibility index (Phi) is 4.50. The van der Waals surface area contributed by atoms with Crippen LogP contribution < -0.4 is 0 Å². The molecule has 1 fully saturated rings. The van der Waals surface area contributed by atoms with E-state index in [9.17, 15) is 13.0 Å². The second kappa shape index (κ2) is 5.73. The second-order valence-corrected chi connectivity index (χ2v) is 8.35. The lowest BCUT2D eigenvalue weighted by molar-refractivity contribution is 0.317. The van der Waals surface area contributed by atoms with Gasteiger partial charge >= 0.3 is 0 Å². The molecule has 1 aliphatic rings. The first-order chi connectivity index (χ1) is 9.65. The van der Waals surface area contributed by atoms with Gasteiger partial charge in [0.2, 0.25) is 0 Å². The first kappa shape index (κ1) is 16.5. The molecule has 3 nitrogen and oxygen atoms in total. The van der Waals surface area contributed by atoms with Crippen LogP contribution in [0.2, 0.25) is 0 Å². The number of benzene rings is 1. The highest BCUT2D eigenvalue weighted by Gasteiger charge is 2.32. The smallest absolute Gasteiger partial charge is 0.282 e. The Morgan fingerprint density at radius 3 is 2.19 bits per heavy atom. The van der Waals surface area contributed by atoms with Crippen molar-refractivity contribution in [3.63, 3.8) is 0 Å². The number of hydrogen-bond acceptors (Lipinski definition) is 2. The van der Waals surface area contributed by atoms with Gasteiger partial charge in [-0.3, -0.25) is 4.55 Å². The molecular weight excluding hydrogens is 284 g/mol. The van der Waals surface area contributed by atoms with Gasteiger partial charge in [-0.05, 0) is 53.9 Å². The molecule has 1 aromatic rings. The van der Waals surface area contributed by atoms with E-state index in [1.54, 1.807) is 6.07 Å². The summed E-state index contributed by atoms with van der Waals surface area (Å²) < 4.78 is 33.1. The van der Waals surface area contributed by atoms with Gasteiger partial charge in [-0.15, -0.1) is 0 Å². The van der Waals surface area contributed by atoms with Crippen molar-refractivity contribution in [2.24, 2.45) is 0 Å². The third kappa shape index (κ3) is 3.32. The van der Waals surface area contributed by atoms with Gasteiger partial charge in [-0.2, -0.15) is 8.42 Å². The van der Waals surface area contributed by atoms with Crippen LogP contribution in [0.3, 0.4) is 0 Å². The first-order valence-electron chi connectivity index (χ1n) is 7.78. The lowest BCUT2D eigenvalue weighted by Gasteiger charge is -2.36. The topological polar surface area (TPSA) is 54.4 Å². The zero-order chi connectivity index (χ0) is 15.8. The van der Waals surface area contributed by atoms with Crippen molar-refractivity contribution < 1.29 is 13.0 Å². The van der Waals surface area contributed by atoms with E-state index in [-0.39, 0.29) is 16.2 Å². The molecule has 0 radical (unpaired) electrons. The van der Waals surface area contributed by atoms with Gasteiger partial charge < -0.3 is 0 Å². The lowest BCUT2D eigenvalue weighted by Crippen LogP contribution is -2.26. The third-order valence-corrected chi connectivity index (χ3v) is 5.77. The highest BCUT2D eigenvalue weighted by molar-refractivity contribution is 7.85. The van der Waals surface area contributed by atoms with Crippen molar-refractivity contribution in [3.05, 3.63) is 28.8 Å². The highest BCUT2D eigenvalue weighted by atomic mass is 32.2. The van der Waals surface area contributed by atoms with Gasteiger partial charge in [0, 0.05) is 0 Å². The summed E-state index contributed by atoms with van der Waals surface area (Å²) in [6, 6.07) is 3.67. The van der Waals surface area contributed by atoms with Crippen molar-refractivity contribution in [1.82, 2.24) is 0 Å². The third-order valence-electron chi connectivity index (χ3n) is 4.86. The van der Waals surface area contributed by atoms with Crippen LogP contribution in [-0.4, -0.2) is 13.0 Å². The van der Waals surface area contributed by atoms with Crippen molar-refractivity contribution in [3.8, 4) is 0 Å². The zero-order valence-corrected chi connectivity index (χ0v) is 14.3.